The van der Waals surface area contributed by atoms with Crippen molar-refractivity contribution < 1.29 is 10.0 Å². The van der Waals surface area contributed by atoms with Gasteiger partial charge in [-0.25, -0.2) is 0 Å². The number of hydrogen-bond acceptors (Lipinski definition) is 6. The first-order valence-electron chi connectivity index (χ1n) is 6.60. The lowest BCUT2D eigenvalue weighted by Crippen LogP contribution is -2.42. The normalized spacial score (nSPS) is 18.8. The minimum absolute atomic E-state index is 0.0194. The van der Waals surface area contributed by atoms with Crippen molar-refractivity contribution in [2.45, 2.75) is 31.9 Å². The minimum Gasteiger partial charge on any atom is -0.390 e. The summed E-state index contributed by atoms with van der Waals surface area (Å²) in [6, 6.07) is 4.92. The van der Waals surface area contributed by atoms with Crippen LogP contribution >= 0.6 is 0 Å². The number of hydrazine groups is 1. The van der Waals surface area contributed by atoms with E-state index in [1.165, 1.54) is 6.07 Å². The SMILES string of the molecule is CC1(O)CCN(Cc2cccc([N+](=O)[O-])c2NN)CC1. The highest BCUT2D eigenvalue weighted by molar-refractivity contribution is 5.65. The molecule has 0 saturated carbocycles. The number of nitro groups is 1. The Kier molecular flexibility index (Phi) is 4.22. The minimum atomic E-state index is -0.603. The molecule has 1 fully saturated rings. The monoisotopic (exact) mass is 280 g/mol. The Bertz CT molecular complexity index is 494. The summed E-state index contributed by atoms with van der Waals surface area (Å²) in [6.07, 6.45) is 1.40. The molecule has 0 aromatic heterocycles. The van der Waals surface area contributed by atoms with Gasteiger partial charge in [-0.1, -0.05) is 12.1 Å². The van der Waals surface area contributed by atoms with Crippen molar-refractivity contribution in [1.82, 2.24) is 4.90 Å². The van der Waals surface area contributed by atoms with Crippen LogP contribution in [0.15, 0.2) is 18.2 Å². The Morgan fingerprint density at radius 3 is 2.70 bits per heavy atom. The third kappa shape index (κ3) is 3.24. The van der Waals surface area contributed by atoms with Crippen molar-refractivity contribution in [2.75, 3.05) is 18.5 Å². The van der Waals surface area contributed by atoms with Gasteiger partial charge < -0.3 is 10.5 Å². The van der Waals surface area contributed by atoms with Gasteiger partial charge in [0, 0.05) is 25.7 Å². The molecule has 0 amide bonds. The van der Waals surface area contributed by atoms with E-state index in [0.29, 0.717) is 25.1 Å². The van der Waals surface area contributed by atoms with Crippen LogP contribution in [0.1, 0.15) is 25.3 Å². The number of nitrogen functional groups attached to an aromatic ring is 1. The second kappa shape index (κ2) is 5.74. The highest BCUT2D eigenvalue weighted by Gasteiger charge is 2.28. The Morgan fingerprint density at radius 2 is 2.15 bits per heavy atom. The van der Waals surface area contributed by atoms with Crippen LogP contribution in [-0.4, -0.2) is 33.6 Å². The van der Waals surface area contributed by atoms with Crippen LogP contribution in [0.25, 0.3) is 0 Å². The molecule has 1 saturated heterocycles. The highest BCUT2D eigenvalue weighted by Crippen LogP contribution is 2.30. The van der Waals surface area contributed by atoms with Crippen molar-refractivity contribution in [2.24, 2.45) is 5.84 Å². The first-order chi connectivity index (χ1) is 9.43. The number of rotatable bonds is 4. The van der Waals surface area contributed by atoms with Crippen LogP contribution in [0.4, 0.5) is 11.4 Å². The van der Waals surface area contributed by atoms with E-state index in [1.807, 2.05) is 13.0 Å². The van der Waals surface area contributed by atoms with Crippen LogP contribution in [-0.2, 0) is 6.54 Å². The summed E-state index contributed by atoms with van der Waals surface area (Å²) in [6.45, 7) is 3.95. The maximum Gasteiger partial charge on any atom is 0.293 e. The largest absolute Gasteiger partial charge is 0.390 e. The standard InChI is InChI=1S/C13H20N4O3/c1-13(18)5-7-16(8-6-13)9-10-3-2-4-11(17(19)20)12(10)15-14/h2-4,15,18H,5-9,14H2,1H3. The summed E-state index contributed by atoms with van der Waals surface area (Å²) in [7, 11) is 0. The van der Waals surface area contributed by atoms with Crippen LogP contribution < -0.4 is 11.3 Å². The second-order valence-electron chi connectivity index (χ2n) is 5.49. The average Bonchev–Trinajstić information content (AvgIpc) is 2.40. The molecule has 1 aromatic rings. The third-order valence-corrected chi connectivity index (χ3v) is 3.80. The number of aliphatic hydroxyl groups is 1. The molecule has 0 spiro atoms. The van der Waals surface area contributed by atoms with E-state index in [0.717, 1.165) is 18.7 Å². The van der Waals surface area contributed by atoms with E-state index in [4.69, 9.17) is 5.84 Å². The molecule has 1 aromatic carbocycles. The first-order valence-corrected chi connectivity index (χ1v) is 6.60. The van der Waals surface area contributed by atoms with Crippen molar-refractivity contribution >= 4 is 11.4 Å². The van der Waals surface area contributed by atoms with E-state index in [1.54, 1.807) is 6.07 Å². The van der Waals surface area contributed by atoms with Crippen LogP contribution in [0.2, 0.25) is 0 Å². The van der Waals surface area contributed by atoms with Crippen LogP contribution in [0.3, 0.4) is 0 Å². The average molecular weight is 280 g/mol. The molecule has 1 aliphatic heterocycles. The Balaban J connectivity index is 2.14. The number of benzene rings is 1. The van der Waals surface area contributed by atoms with Gasteiger partial charge in [0.15, 0.2) is 0 Å². The molecule has 1 heterocycles. The van der Waals surface area contributed by atoms with Crippen molar-refractivity contribution in [3.63, 3.8) is 0 Å². The molecule has 0 bridgehead atoms. The molecule has 7 heteroatoms. The molecule has 7 nitrogen and oxygen atoms in total. The fourth-order valence-electron chi connectivity index (χ4n) is 2.47. The van der Waals surface area contributed by atoms with Crippen molar-refractivity contribution in [1.29, 1.82) is 0 Å². The predicted molar refractivity (Wildman–Crippen MR) is 76.0 cm³/mol. The van der Waals surface area contributed by atoms with Crippen LogP contribution in [0.5, 0.6) is 0 Å². The lowest BCUT2D eigenvalue weighted by molar-refractivity contribution is -0.384. The number of nitrogens with one attached hydrogen (secondary N) is 1. The summed E-state index contributed by atoms with van der Waals surface area (Å²) in [4.78, 5) is 12.7. The molecular formula is C13H20N4O3. The molecule has 0 unspecified atom stereocenters. The highest BCUT2D eigenvalue weighted by atomic mass is 16.6. The fourth-order valence-corrected chi connectivity index (χ4v) is 2.47. The van der Waals surface area contributed by atoms with Gasteiger partial charge in [-0.05, 0) is 25.3 Å². The van der Waals surface area contributed by atoms with Gasteiger partial charge in [0.25, 0.3) is 5.69 Å². The second-order valence-corrected chi connectivity index (χ2v) is 5.49. The molecule has 20 heavy (non-hydrogen) atoms. The summed E-state index contributed by atoms with van der Waals surface area (Å²) < 4.78 is 0. The maximum atomic E-state index is 11.0. The molecular weight excluding hydrogens is 260 g/mol. The van der Waals surface area contributed by atoms with E-state index >= 15 is 0 Å². The molecule has 4 N–H and O–H groups in total. The van der Waals surface area contributed by atoms with Gasteiger partial charge in [0.05, 0.1) is 10.5 Å². The van der Waals surface area contributed by atoms with Gasteiger partial charge in [0.1, 0.15) is 5.69 Å². The van der Waals surface area contributed by atoms with Gasteiger partial charge >= 0.3 is 0 Å². The zero-order valence-electron chi connectivity index (χ0n) is 11.5. The van der Waals surface area contributed by atoms with E-state index in [2.05, 4.69) is 10.3 Å². The zero-order chi connectivity index (χ0) is 14.8. The summed E-state index contributed by atoms with van der Waals surface area (Å²) in [5.41, 5.74) is 2.96. The lowest BCUT2D eigenvalue weighted by Gasteiger charge is -2.35. The molecule has 2 rings (SSSR count). The Labute approximate surface area is 117 Å². The maximum absolute atomic E-state index is 11.0. The van der Waals surface area contributed by atoms with E-state index in [-0.39, 0.29) is 5.69 Å². The fraction of sp³-hybridized carbons (Fsp3) is 0.538. The third-order valence-electron chi connectivity index (χ3n) is 3.80. The summed E-state index contributed by atoms with van der Waals surface area (Å²) in [5.74, 6) is 5.42. The quantitative estimate of drug-likeness (QED) is 0.435. The molecule has 1 aliphatic rings. The van der Waals surface area contributed by atoms with Crippen molar-refractivity contribution in [3.8, 4) is 0 Å². The number of hydrogen-bond donors (Lipinski definition) is 3. The predicted octanol–water partition coefficient (Wildman–Crippen LogP) is 1.23. The zero-order valence-corrected chi connectivity index (χ0v) is 11.5. The smallest absolute Gasteiger partial charge is 0.293 e. The summed E-state index contributed by atoms with van der Waals surface area (Å²) in [5, 5.41) is 20.9. The number of anilines is 1. The number of nitrogens with zero attached hydrogens (tertiary/aromatic N) is 2. The lowest BCUT2D eigenvalue weighted by atomic mass is 9.93. The molecule has 0 radical (unpaired) electrons. The topological polar surface area (TPSA) is 105 Å². The van der Waals surface area contributed by atoms with Gasteiger partial charge in [0.2, 0.25) is 0 Å². The number of nitro benzene ring substituents is 1. The number of nitrogens with two attached hydrogens (primary N) is 1. The van der Waals surface area contributed by atoms with Gasteiger partial charge in [-0.3, -0.25) is 20.9 Å². The van der Waals surface area contributed by atoms with Crippen LogP contribution in [0, 0.1) is 10.1 Å². The Morgan fingerprint density at radius 1 is 1.50 bits per heavy atom. The molecule has 0 atom stereocenters. The van der Waals surface area contributed by atoms with Gasteiger partial charge in [-0.15, -0.1) is 0 Å². The number of para-hydroxylation sites is 1. The first kappa shape index (κ1) is 14.7. The summed E-state index contributed by atoms with van der Waals surface area (Å²) >= 11 is 0. The molecule has 110 valence electrons. The van der Waals surface area contributed by atoms with E-state index in [9.17, 15) is 15.2 Å². The number of piperidine rings is 1. The van der Waals surface area contributed by atoms with Gasteiger partial charge in [-0.2, -0.15) is 0 Å². The molecule has 0 aliphatic carbocycles. The Hall–Kier alpha value is -1.70. The van der Waals surface area contributed by atoms with Crippen molar-refractivity contribution in [3.05, 3.63) is 33.9 Å². The van der Waals surface area contributed by atoms with E-state index < -0.39 is 10.5 Å². The number of likely N-dealkylation sites (tertiary alicyclic amines) is 1.